The second kappa shape index (κ2) is 7.53. The largest absolute Gasteiger partial charge is 0.497 e. The molecule has 3 rings (SSSR count). The molecule has 0 fully saturated rings. The first-order valence-corrected chi connectivity index (χ1v) is 7.89. The number of benzene rings is 3. The van der Waals surface area contributed by atoms with Gasteiger partial charge in [0.05, 0.1) is 14.2 Å². The van der Waals surface area contributed by atoms with E-state index in [1.807, 2.05) is 42.5 Å². The Balaban J connectivity index is 1.77. The Bertz CT molecular complexity index is 836. The fraction of sp³-hybridized carbons (Fsp3) is 0.0952. The molecule has 0 aromatic heterocycles. The van der Waals surface area contributed by atoms with Gasteiger partial charge in [0.1, 0.15) is 11.5 Å². The molecule has 1 N–H and O–H groups in total. The van der Waals surface area contributed by atoms with E-state index in [0.29, 0.717) is 17.1 Å². The van der Waals surface area contributed by atoms with Gasteiger partial charge in [-0.1, -0.05) is 42.5 Å². The van der Waals surface area contributed by atoms with Gasteiger partial charge in [-0.3, -0.25) is 4.79 Å². The Labute approximate surface area is 147 Å². The first-order valence-electron chi connectivity index (χ1n) is 7.89. The third-order valence-corrected chi connectivity index (χ3v) is 3.86. The third-order valence-electron chi connectivity index (χ3n) is 3.86. The fourth-order valence-corrected chi connectivity index (χ4v) is 2.52. The Kier molecular flexibility index (Phi) is 5.00. The van der Waals surface area contributed by atoms with Crippen molar-refractivity contribution in [1.29, 1.82) is 0 Å². The van der Waals surface area contributed by atoms with Crippen LogP contribution in [0.1, 0.15) is 10.4 Å². The minimum absolute atomic E-state index is 0.218. The molecule has 25 heavy (non-hydrogen) atoms. The average Bonchev–Trinajstić information content (AvgIpc) is 2.68. The molecule has 3 aromatic rings. The second-order valence-corrected chi connectivity index (χ2v) is 5.50. The van der Waals surface area contributed by atoms with Gasteiger partial charge in [0, 0.05) is 17.3 Å². The van der Waals surface area contributed by atoms with Crippen LogP contribution in [-0.4, -0.2) is 20.1 Å². The molecular weight excluding hydrogens is 314 g/mol. The lowest BCUT2D eigenvalue weighted by molar-refractivity contribution is 0.102. The van der Waals surface area contributed by atoms with Crippen molar-refractivity contribution in [2.24, 2.45) is 0 Å². The number of ether oxygens (including phenoxy) is 2. The van der Waals surface area contributed by atoms with Crippen LogP contribution in [0, 0.1) is 0 Å². The van der Waals surface area contributed by atoms with Crippen molar-refractivity contribution < 1.29 is 14.3 Å². The minimum Gasteiger partial charge on any atom is -0.497 e. The van der Waals surface area contributed by atoms with E-state index >= 15 is 0 Å². The molecule has 3 aromatic carbocycles. The molecule has 126 valence electrons. The van der Waals surface area contributed by atoms with Crippen LogP contribution in [0.15, 0.2) is 72.8 Å². The molecule has 0 bridgehead atoms. The molecule has 0 spiro atoms. The predicted octanol–water partition coefficient (Wildman–Crippen LogP) is 4.62. The number of carbonyl (C=O) groups is 1. The van der Waals surface area contributed by atoms with Crippen LogP contribution in [0.3, 0.4) is 0 Å². The van der Waals surface area contributed by atoms with E-state index < -0.39 is 0 Å². The Morgan fingerprint density at radius 2 is 1.32 bits per heavy atom. The summed E-state index contributed by atoms with van der Waals surface area (Å²) in [6.45, 7) is 0. The minimum atomic E-state index is -0.218. The SMILES string of the molecule is COc1cc(OC)cc(C(=O)Nc2ccc(-c3ccccc3)cc2)c1. The summed E-state index contributed by atoms with van der Waals surface area (Å²) in [4.78, 5) is 12.5. The Morgan fingerprint density at radius 1 is 0.760 bits per heavy atom. The average molecular weight is 333 g/mol. The smallest absolute Gasteiger partial charge is 0.255 e. The van der Waals surface area contributed by atoms with Gasteiger partial charge in [0.15, 0.2) is 0 Å². The molecule has 0 aliphatic carbocycles. The number of nitrogens with one attached hydrogen (secondary N) is 1. The zero-order chi connectivity index (χ0) is 17.6. The molecule has 0 aliphatic rings. The normalized spacial score (nSPS) is 10.2. The third kappa shape index (κ3) is 3.98. The highest BCUT2D eigenvalue weighted by molar-refractivity contribution is 6.04. The van der Waals surface area contributed by atoms with Crippen molar-refractivity contribution in [2.45, 2.75) is 0 Å². The highest BCUT2D eigenvalue weighted by Gasteiger charge is 2.10. The van der Waals surface area contributed by atoms with E-state index in [2.05, 4.69) is 17.4 Å². The monoisotopic (exact) mass is 333 g/mol. The van der Waals surface area contributed by atoms with Crippen molar-refractivity contribution in [1.82, 2.24) is 0 Å². The quantitative estimate of drug-likeness (QED) is 0.741. The molecule has 0 saturated heterocycles. The van der Waals surface area contributed by atoms with Crippen molar-refractivity contribution >= 4 is 11.6 Å². The van der Waals surface area contributed by atoms with Gasteiger partial charge in [-0.15, -0.1) is 0 Å². The van der Waals surface area contributed by atoms with Gasteiger partial charge < -0.3 is 14.8 Å². The maximum atomic E-state index is 12.5. The van der Waals surface area contributed by atoms with E-state index in [-0.39, 0.29) is 5.91 Å². The first-order chi connectivity index (χ1) is 12.2. The number of hydrogen-bond donors (Lipinski definition) is 1. The summed E-state index contributed by atoms with van der Waals surface area (Å²) >= 11 is 0. The van der Waals surface area contributed by atoms with Gasteiger partial charge >= 0.3 is 0 Å². The lowest BCUT2D eigenvalue weighted by atomic mass is 10.1. The molecular formula is C21H19NO3. The number of rotatable bonds is 5. The summed E-state index contributed by atoms with van der Waals surface area (Å²) in [6.07, 6.45) is 0. The summed E-state index contributed by atoms with van der Waals surface area (Å²) < 4.78 is 10.4. The Hall–Kier alpha value is -3.27. The topological polar surface area (TPSA) is 47.6 Å². The van der Waals surface area contributed by atoms with E-state index in [9.17, 15) is 4.79 Å². The molecule has 4 heteroatoms. The van der Waals surface area contributed by atoms with Crippen LogP contribution < -0.4 is 14.8 Å². The fourth-order valence-electron chi connectivity index (χ4n) is 2.52. The van der Waals surface area contributed by atoms with Crippen molar-refractivity contribution in [3.05, 3.63) is 78.4 Å². The lowest BCUT2D eigenvalue weighted by Crippen LogP contribution is -2.12. The van der Waals surface area contributed by atoms with Crippen molar-refractivity contribution in [3.63, 3.8) is 0 Å². The van der Waals surface area contributed by atoms with Gasteiger partial charge in [0.25, 0.3) is 5.91 Å². The summed E-state index contributed by atoms with van der Waals surface area (Å²) in [5.41, 5.74) is 3.44. The van der Waals surface area contributed by atoms with Gasteiger partial charge in [-0.25, -0.2) is 0 Å². The Morgan fingerprint density at radius 3 is 1.88 bits per heavy atom. The molecule has 0 saturated carbocycles. The van der Waals surface area contributed by atoms with E-state index in [1.54, 1.807) is 32.4 Å². The van der Waals surface area contributed by atoms with Crippen LogP contribution in [0.2, 0.25) is 0 Å². The maximum Gasteiger partial charge on any atom is 0.255 e. The zero-order valence-corrected chi connectivity index (χ0v) is 14.2. The maximum absolute atomic E-state index is 12.5. The number of hydrogen-bond acceptors (Lipinski definition) is 3. The number of amides is 1. The van der Waals surface area contributed by atoms with Crippen molar-refractivity contribution in [3.8, 4) is 22.6 Å². The summed E-state index contributed by atoms with van der Waals surface area (Å²) in [5, 5.41) is 2.89. The molecule has 4 nitrogen and oxygen atoms in total. The van der Waals surface area contributed by atoms with Gasteiger partial charge in [-0.05, 0) is 35.4 Å². The number of carbonyl (C=O) groups excluding carboxylic acids is 1. The molecule has 0 atom stereocenters. The van der Waals surface area contributed by atoms with Crippen LogP contribution >= 0.6 is 0 Å². The number of anilines is 1. The first kappa shape index (κ1) is 16.6. The molecule has 0 heterocycles. The van der Waals surface area contributed by atoms with Gasteiger partial charge in [0.2, 0.25) is 0 Å². The standard InChI is InChI=1S/C21H19NO3/c1-24-19-12-17(13-20(14-19)25-2)21(23)22-18-10-8-16(9-11-18)15-6-4-3-5-7-15/h3-14H,1-2H3,(H,22,23). The molecule has 0 unspecified atom stereocenters. The lowest BCUT2D eigenvalue weighted by Gasteiger charge is -2.10. The molecule has 1 amide bonds. The van der Waals surface area contributed by atoms with Crippen LogP contribution in [0.5, 0.6) is 11.5 Å². The summed E-state index contributed by atoms with van der Waals surface area (Å²) in [5.74, 6) is 0.928. The second-order valence-electron chi connectivity index (χ2n) is 5.50. The predicted molar refractivity (Wildman–Crippen MR) is 99.4 cm³/mol. The zero-order valence-electron chi connectivity index (χ0n) is 14.2. The van der Waals surface area contributed by atoms with E-state index in [4.69, 9.17) is 9.47 Å². The van der Waals surface area contributed by atoms with Crippen LogP contribution in [0.25, 0.3) is 11.1 Å². The van der Waals surface area contributed by atoms with Crippen LogP contribution in [0.4, 0.5) is 5.69 Å². The molecule has 0 aliphatic heterocycles. The van der Waals surface area contributed by atoms with E-state index in [1.165, 1.54) is 0 Å². The van der Waals surface area contributed by atoms with Gasteiger partial charge in [-0.2, -0.15) is 0 Å². The van der Waals surface area contributed by atoms with E-state index in [0.717, 1.165) is 16.8 Å². The summed E-state index contributed by atoms with van der Waals surface area (Å²) in [6, 6.07) is 22.9. The highest BCUT2D eigenvalue weighted by Crippen LogP contribution is 2.24. The van der Waals surface area contributed by atoms with Crippen molar-refractivity contribution in [2.75, 3.05) is 19.5 Å². The molecule has 0 radical (unpaired) electrons. The number of methoxy groups -OCH3 is 2. The summed E-state index contributed by atoms with van der Waals surface area (Å²) in [7, 11) is 3.11. The van der Waals surface area contributed by atoms with Crippen LogP contribution in [-0.2, 0) is 0 Å². The highest BCUT2D eigenvalue weighted by atomic mass is 16.5.